The number of phenols is 1. The average molecular weight is 434 g/mol. The van der Waals surface area contributed by atoms with E-state index in [0.717, 1.165) is 11.5 Å². The first-order valence-corrected chi connectivity index (χ1v) is 12.6. The van der Waals surface area contributed by atoms with Crippen LogP contribution in [0.3, 0.4) is 0 Å². The fourth-order valence-corrected chi connectivity index (χ4v) is 3.59. The van der Waals surface area contributed by atoms with E-state index >= 15 is 0 Å². The van der Waals surface area contributed by atoms with Crippen LogP contribution in [0, 0.1) is 0 Å². The van der Waals surface area contributed by atoms with Gasteiger partial charge in [-0.1, -0.05) is 30.3 Å². The van der Waals surface area contributed by atoms with Crippen LogP contribution in [0.4, 0.5) is 20.8 Å². The molecule has 0 aliphatic heterocycles. The molecular formula is C15H17AsF6OS. The normalized spacial score (nSPS) is 15.5. The fraction of sp³-hybridized carbons (Fsp3) is 0.200. The first-order valence-electron chi connectivity index (χ1n) is 6.81. The zero-order valence-electron chi connectivity index (χ0n) is 12.7. The maximum absolute atomic E-state index is 11.1. The van der Waals surface area contributed by atoms with Gasteiger partial charge in [-0.15, -0.1) is 0 Å². The van der Waals surface area contributed by atoms with Crippen molar-refractivity contribution in [3.8, 4) is 5.75 Å². The summed E-state index contributed by atoms with van der Waals surface area (Å²) in [4.78, 5) is 1.33. The van der Waals surface area contributed by atoms with Gasteiger partial charge in [-0.3, -0.25) is 0 Å². The molecule has 0 fully saturated rings. The van der Waals surface area contributed by atoms with Crippen LogP contribution >= 0.6 is 0 Å². The number of hydrogen-bond donors (Lipinski definition) is 1. The van der Waals surface area contributed by atoms with Gasteiger partial charge in [0.05, 0.1) is 0 Å². The monoisotopic (exact) mass is 434 g/mol. The standard InChI is InChI=1S/C15H16OS.AsF6/c1-2-17(12-13-6-4-3-5-7-13)15-10-8-14(16)9-11-15;2-1(3,4,5,6)7/h3-11H,2,12H2,1H3;/q;-1/p+1. The van der Waals surface area contributed by atoms with Gasteiger partial charge >= 0.3 is 35.0 Å². The van der Waals surface area contributed by atoms with Gasteiger partial charge in [0.15, 0.2) is 4.90 Å². The third-order valence-corrected chi connectivity index (χ3v) is 5.02. The first-order chi connectivity index (χ1) is 10.7. The summed E-state index contributed by atoms with van der Waals surface area (Å²) in [6.07, 6.45) is 0. The Balaban J connectivity index is 0.000000351. The zero-order valence-corrected chi connectivity index (χ0v) is 15.4. The molecule has 136 valence electrons. The van der Waals surface area contributed by atoms with Gasteiger partial charge in [0, 0.05) is 16.5 Å². The third-order valence-electron chi connectivity index (χ3n) is 2.70. The Kier molecular flexibility index (Phi) is 5.99. The van der Waals surface area contributed by atoms with Crippen LogP contribution in [0.15, 0.2) is 59.5 Å². The SMILES string of the molecule is CC[S+](Cc1ccccc1)c1ccc(O)cc1.F[As-](F)(F)(F)(F)F. The number of rotatable bonds is 4. The van der Waals surface area contributed by atoms with Crippen molar-refractivity contribution in [1.82, 2.24) is 0 Å². The molecule has 0 saturated heterocycles. The van der Waals surface area contributed by atoms with Crippen LogP contribution in [0.5, 0.6) is 5.75 Å². The summed E-state index contributed by atoms with van der Waals surface area (Å²) >= 11 is -11.1. The molecule has 0 spiro atoms. The topological polar surface area (TPSA) is 20.2 Å². The summed E-state index contributed by atoms with van der Waals surface area (Å²) in [5.74, 6) is 2.56. The van der Waals surface area contributed by atoms with E-state index in [-0.39, 0.29) is 10.9 Å². The molecule has 2 aromatic carbocycles. The van der Waals surface area contributed by atoms with Gasteiger partial charge in [-0.25, -0.2) is 0 Å². The van der Waals surface area contributed by atoms with Gasteiger partial charge in [-0.2, -0.15) is 0 Å². The predicted octanol–water partition coefficient (Wildman–Crippen LogP) is 5.73. The van der Waals surface area contributed by atoms with Crippen LogP contribution in [0.25, 0.3) is 0 Å². The number of phenolic OH excluding ortho intramolecular Hbond substituents is 1. The summed E-state index contributed by atoms with van der Waals surface area (Å²) in [5.41, 5.74) is 1.38. The van der Waals surface area contributed by atoms with Crippen molar-refractivity contribution in [2.24, 2.45) is 0 Å². The van der Waals surface area contributed by atoms with E-state index in [0.29, 0.717) is 5.75 Å². The summed E-state index contributed by atoms with van der Waals surface area (Å²) in [6.45, 7) is 2.22. The van der Waals surface area contributed by atoms with E-state index in [1.54, 1.807) is 12.1 Å². The summed E-state index contributed by atoms with van der Waals surface area (Å²) in [7, 11) is 0.235. The van der Waals surface area contributed by atoms with Crippen LogP contribution in [0.2, 0.25) is 0 Å². The summed E-state index contributed by atoms with van der Waals surface area (Å²) in [6, 6.07) is 18.2. The van der Waals surface area contributed by atoms with Gasteiger partial charge in [0.2, 0.25) is 0 Å². The van der Waals surface area contributed by atoms with E-state index < -0.39 is 14.2 Å². The van der Waals surface area contributed by atoms with Gasteiger partial charge < -0.3 is 5.11 Å². The van der Waals surface area contributed by atoms with Crippen molar-refractivity contribution in [2.45, 2.75) is 17.6 Å². The fourth-order valence-electron chi connectivity index (χ4n) is 1.77. The van der Waals surface area contributed by atoms with Crippen molar-refractivity contribution in [2.75, 3.05) is 5.75 Å². The number of hydrogen-bond acceptors (Lipinski definition) is 1. The molecule has 2 aromatic rings. The van der Waals surface area contributed by atoms with Crippen molar-refractivity contribution in [1.29, 1.82) is 0 Å². The third kappa shape index (κ3) is 11.3. The zero-order chi connectivity index (χ0) is 18.5. The average Bonchev–Trinajstić information content (AvgIpc) is 2.44. The van der Waals surface area contributed by atoms with E-state index in [4.69, 9.17) is 0 Å². The van der Waals surface area contributed by atoms with Crippen LogP contribution < -0.4 is 0 Å². The second-order valence-electron chi connectivity index (χ2n) is 4.86. The van der Waals surface area contributed by atoms with Gasteiger partial charge in [0.1, 0.15) is 17.3 Å². The molecule has 24 heavy (non-hydrogen) atoms. The Hall–Kier alpha value is -1.27. The molecule has 0 heterocycles. The minimum absolute atomic E-state index is 0.235. The molecular weight excluding hydrogens is 417 g/mol. The molecule has 0 saturated carbocycles. The van der Waals surface area contributed by atoms with Crippen molar-refractivity contribution < 1.29 is 25.9 Å². The van der Waals surface area contributed by atoms with Crippen LogP contribution in [0.1, 0.15) is 12.5 Å². The molecule has 0 amide bonds. The molecule has 9 heteroatoms. The Bertz CT molecular complexity index is 632. The van der Waals surface area contributed by atoms with Crippen molar-refractivity contribution in [3.05, 3.63) is 60.2 Å². The number of halogens is 6. The number of benzene rings is 2. The molecule has 0 radical (unpaired) electrons. The number of aromatic hydroxyl groups is 1. The Morgan fingerprint density at radius 1 is 0.833 bits per heavy atom. The summed E-state index contributed by atoms with van der Waals surface area (Å²) < 4.78 is 59.4. The van der Waals surface area contributed by atoms with Crippen LogP contribution in [-0.2, 0) is 16.6 Å². The molecule has 0 bridgehead atoms. The molecule has 1 nitrogen and oxygen atoms in total. The maximum atomic E-state index is 9.91. The van der Waals surface area contributed by atoms with Gasteiger partial charge in [0.25, 0.3) is 0 Å². The Morgan fingerprint density at radius 2 is 1.29 bits per heavy atom. The molecule has 0 aliphatic rings. The van der Waals surface area contributed by atoms with Crippen molar-refractivity contribution in [3.63, 3.8) is 0 Å². The molecule has 1 atom stereocenters. The van der Waals surface area contributed by atoms with Gasteiger partial charge in [-0.05, 0) is 31.2 Å². The first kappa shape index (κ1) is 20.8. The molecule has 0 aliphatic carbocycles. The predicted molar refractivity (Wildman–Crippen MR) is 86.8 cm³/mol. The second kappa shape index (κ2) is 6.92. The van der Waals surface area contributed by atoms with Crippen molar-refractivity contribution >= 4 is 25.1 Å². The van der Waals surface area contributed by atoms with E-state index in [2.05, 4.69) is 31.2 Å². The van der Waals surface area contributed by atoms with E-state index in [1.807, 2.05) is 18.2 Å². The molecule has 1 unspecified atom stereocenters. The Morgan fingerprint density at radius 3 is 1.71 bits per heavy atom. The van der Waals surface area contributed by atoms with E-state index in [1.165, 1.54) is 10.5 Å². The quantitative estimate of drug-likeness (QED) is 0.370. The second-order valence-corrected chi connectivity index (χ2v) is 11.2. The Labute approximate surface area is 140 Å². The van der Waals surface area contributed by atoms with E-state index in [9.17, 15) is 25.9 Å². The molecule has 1 N–H and O–H groups in total. The molecule has 2 rings (SSSR count). The van der Waals surface area contributed by atoms with Crippen LogP contribution in [-0.4, -0.2) is 25.0 Å². The summed E-state index contributed by atoms with van der Waals surface area (Å²) in [5, 5.41) is 9.30. The minimum atomic E-state index is -11.1. The molecule has 0 aromatic heterocycles.